The van der Waals surface area contributed by atoms with Gasteiger partial charge in [0, 0.05) is 25.2 Å². The number of piperidine rings is 1. The van der Waals surface area contributed by atoms with Crippen molar-refractivity contribution in [3.63, 3.8) is 0 Å². The number of rotatable bonds is 6. The van der Waals surface area contributed by atoms with Gasteiger partial charge in [-0.3, -0.25) is 14.4 Å². The fourth-order valence-electron chi connectivity index (χ4n) is 4.88. The monoisotopic (exact) mass is 434 g/mol. The van der Waals surface area contributed by atoms with Gasteiger partial charge in [-0.1, -0.05) is 48.5 Å². The van der Waals surface area contributed by atoms with Gasteiger partial charge in [-0.15, -0.1) is 0 Å². The number of esters is 1. The second kappa shape index (κ2) is 9.55. The Balaban J connectivity index is 1.47. The minimum Gasteiger partial charge on any atom is -0.466 e. The minimum atomic E-state index is -0.579. The smallest absolute Gasteiger partial charge is 0.312 e. The summed E-state index contributed by atoms with van der Waals surface area (Å²) in [4.78, 5) is 40.3. The average molecular weight is 435 g/mol. The zero-order chi connectivity index (χ0) is 22.6. The topological polar surface area (TPSA) is 75.7 Å². The summed E-state index contributed by atoms with van der Waals surface area (Å²) in [7, 11) is 0. The van der Waals surface area contributed by atoms with E-state index in [-0.39, 0.29) is 24.2 Å². The summed E-state index contributed by atoms with van der Waals surface area (Å²) >= 11 is 0. The number of fused-ring (bicyclic) bond motifs is 1. The normalized spacial score (nSPS) is 19.6. The van der Waals surface area contributed by atoms with E-state index in [4.69, 9.17) is 4.74 Å². The van der Waals surface area contributed by atoms with Crippen LogP contribution in [0.3, 0.4) is 0 Å². The molecule has 0 aromatic heterocycles. The standard InChI is InChI=1S/C26H30N2O4/c1-2-32-25(31)26(13-12-19-8-4-3-5-9-19)14-16-28(17-15-26)24(30)21-18-23(29)27-22-11-7-6-10-20(21)22/h3-11,21H,2,12-18H2,1H3,(H,27,29)/t21-/m1/s1. The molecule has 2 aromatic rings. The first-order valence-corrected chi connectivity index (χ1v) is 11.4. The molecule has 6 nitrogen and oxygen atoms in total. The lowest BCUT2D eigenvalue weighted by molar-refractivity contribution is -0.161. The zero-order valence-corrected chi connectivity index (χ0v) is 18.5. The maximum absolute atomic E-state index is 13.4. The first kappa shape index (κ1) is 22.1. The molecule has 2 aromatic carbocycles. The van der Waals surface area contributed by atoms with Crippen LogP contribution in [-0.4, -0.2) is 42.4 Å². The number of para-hydroxylation sites is 1. The summed E-state index contributed by atoms with van der Waals surface area (Å²) in [5.41, 5.74) is 2.19. The molecule has 6 heteroatoms. The number of hydrogen-bond donors (Lipinski definition) is 1. The SMILES string of the molecule is CCOC(=O)C1(CCc2ccccc2)CCN(C(=O)[C@@H]2CC(=O)Nc3ccccc32)CC1. The molecule has 0 bridgehead atoms. The van der Waals surface area contributed by atoms with Crippen molar-refractivity contribution < 1.29 is 19.1 Å². The van der Waals surface area contributed by atoms with Crippen molar-refractivity contribution in [2.45, 2.75) is 44.9 Å². The molecule has 2 amide bonds. The quantitative estimate of drug-likeness (QED) is 0.700. The molecular formula is C26H30N2O4. The van der Waals surface area contributed by atoms with Crippen molar-refractivity contribution in [1.82, 2.24) is 4.90 Å². The lowest BCUT2D eigenvalue weighted by atomic mass is 9.73. The summed E-state index contributed by atoms with van der Waals surface area (Å²) in [5, 5.41) is 2.85. The van der Waals surface area contributed by atoms with Crippen molar-refractivity contribution in [2.75, 3.05) is 25.0 Å². The number of nitrogens with one attached hydrogen (secondary N) is 1. The van der Waals surface area contributed by atoms with Crippen LogP contribution >= 0.6 is 0 Å². The van der Waals surface area contributed by atoms with Gasteiger partial charge < -0.3 is 15.0 Å². The number of aryl methyl sites for hydroxylation is 1. The van der Waals surface area contributed by atoms with Gasteiger partial charge in [-0.25, -0.2) is 0 Å². The molecular weight excluding hydrogens is 404 g/mol. The number of benzene rings is 2. The summed E-state index contributed by atoms with van der Waals surface area (Å²) in [6, 6.07) is 17.6. The van der Waals surface area contributed by atoms with Crippen LogP contribution < -0.4 is 5.32 Å². The van der Waals surface area contributed by atoms with Crippen LogP contribution in [-0.2, 0) is 25.5 Å². The fraction of sp³-hybridized carbons (Fsp3) is 0.423. The lowest BCUT2D eigenvalue weighted by Gasteiger charge is -2.41. The van der Waals surface area contributed by atoms with Crippen LogP contribution in [0.4, 0.5) is 5.69 Å². The highest BCUT2D eigenvalue weighted by molar-refractivity contribution is 6.01. The highest BCUT2D eigenvalue weighted by Gasteiger charge is 2.44. The maximum Gasteiger partial charge on any atom is 0.312 e. The van der Waals surface area contributed by atoms with E-state index >= 15 is 0 Å². The zero-order valence-electron chi connectivity index (χ0n) is 18.5. The third-order valence-electron chi connectivity index (χ3n) is 6.77. The molecule has 2 heterocycles. The van der Waals surface area contributed by atoms with E-state index in [0.29, 0.717) is 44.6 Å². The Hall–Kier alpha value is -3.15. The maximum atomic E-state index is 13.4. The van der Waals surface area contributed by atoms with Crippen LogP contribution in [0.5, 0.6) is 0 Å². The predicted molar refractivity (Wildman–Crippen MR) is 122 cm³/mol. The third-order valence-corrected chi connectivity index (χ3v) is 6.77. The molecule has 168 valence electrons. The highest BCUT2D eigenvalue weighted by Crippen LogP contribution is 2.40. The highest BCUT2D eigenvalue weighted by atomic mass is 16.5. The van der Waals surface area contributed by atoms with Crippen molar-refractivity contribution in [2.24, 2.45) is 5.41 Å². The number of nitrogens with zero attached hydrogens (tertiary/aromatic N) is 1. The van der Waals surface area contributed by atoms with E-state index in [2.05, 4.69) is 17.4 Å². The van der Waals surface area contributed by atoms with Gasteiger partial charge in [-0.2, -0.15) is 0 Å². The summed E-state index contributed by atoms with van der Waals surface area (Å²) in [5.74, 6) is -0.805. The average Bonchev–Trinajstić information content (AvgIpc) is 2.83. The van der Waals surface area contributed by atoms with Gasteiger partial charge in [0.1, 0.15) is 0 Å². The first-order chi connectivity index (χ1) is 15.5. The third kappa shape index (κ3) is 4.54. The Morgan fingerprint density at radius 3 is 2.47 bits per heavy atom. The minimum absolute atomic E-state index is 0.0344. The Morgan fingerprint density at radius 2 is 1.75 bits per heavy atom. The molecule has 0 aliphatic carbocycles. The Bertz CT molecular complexity index is 980. The van der Waals surface area contributed by atoms with E-state index in [1.54, 1.807) is 0 Å². The van der Waals surface area contributed by atoms with Gasteiger partial charge in [0.25, 0.3) is 0 Å². The largest absolute Gasteiger partial charge is 0.466 e. The van der Waals surface area contributed by atoms with Crippen LogP contribution in [0.1, 0.15) is 49.7 Å². The molecule has 32 heavy (non-hydrogen) atoms. The Morgan fingerprint density at radius 1 is 1.06 bits per heavy atom. The summed E-state index contributed by atoms with van der Waals surface area (Å²) in [6.07, 6.45) is 2.80. The number of anilines is 1. The second-order valence-corrected chi connectivity index (χ2v) is 8.70. The molecule has 1 fully saturated rings. The molecule has 2 aliphatic rings. The van der Waals surface area contributed by atoms with Gasteiger partial charge in [-0.05, 0) is 49.8 Å². The molecule has 0 radical (unpaired) electrons. The van der Waals surface area contributed by atoms with Gasteiger partial charge in [0.2, 0.25) is 11.8 Å². The van der Waals surface area contributed by atoms with Crippen molar-refractivity contribution in [1.29, 1.82) is 0 Å². The molecule has 1 saturated heterocycles. The molecule has 0 spiro atoms. The Labute approximate surface area is 188 Å². The number of hydrogen-bond acceptors (Lipinski definition) is 4. The van der Waals surface area contributed by atoms with E-state index < -0.39 is 11.3 Å². The molecule has 0 saturated carbocycles. The van der Waals surface area contributed by atoms with Crippen molar-refractivity contribution in [3.05, 3.63) is 65.7 Å². The van der Waals surface area contributed by atoms with Crippen LogP contribution in [0, 0.1) is 5.41 Å². The summed E-state index contributed by atoms with van der Waals surface area (Å²) < 4.78 is 5.45. The van der Waals surface area contributed by atoms with Gasteiger partial charge >= 0.3 is 5.97 Å². The number of likely N-dealkylation sites (tertiary alicyclic amines) is 1. The second-order valence-electron chi connectivity index (χ2n) is 8.70. The van der Waals surface area contributed by atoms with E-state index in [9.17, 15) is 14.4 Å². The number of carbonyl (C=O) groups excluding carboxylic acids is 3. The van der Waals surface area contributed by atoms with Crippen molar-refractivity contribution in [3.8, 4) is 0 Å². The van der Waals surface area contributed by atoms with Crippen molar-refractivity contribution >= 4 is 23.5 Å². The Kier molecular flexibility index (Phi) is 6.58. The fourth-order valence-corrected chi connectivity index (χ4v) is 4.88. The lowest BCUT2D eigenvalue weighted by Crippen LogP contribution is -2.49. The number of amides is 2. The van der Waals surface area contributed by atoms with Gasteiger partial charge in [0.05, 0.1) is 17.9 Å². The molecule has 1 N–H and O–H groups in total. The van der Waals surface area contributed by atoms with Crippen LogP contribution in [0.2, 0.25) is 0 Å². The molecule has 0 unspecified atom stereocenters. The van der Waals surface area contributed by atoms with Gasteiger partial charge in [0.15, 0.2) is 0 Å². The van der Waals surface area contributed by atoms with E-state index in [1.807, 2.05) is 54.3 Å². The van der Waals surface area contributed by atoms with Crippen LogP contribution in [0.25, 0.3) is 0 Å². The molecule has 4 rings (SSSR count). The molecule has 1 atom stereocenters. The number of ether oxygens (including phenoxy) is 1. The van der Waals surface area contributed by atoms with Crippen LogP contribution in [0.15, 0.2) is 54.6 Å². The molecule has 2 aliphatic heterocycles. The number of carbonyl (C=O) groups is 3. The summed E-state index contributed by atoms with van der Waals surface area (Å²) in [6.45, 7) is 3.16. The first-order valence-electron chi connectivity index (χ1n) is 11.4. The van der Waals surface area contributed by atoms with E-state index in [1.165, 1.54) is 5.56 Å². The van der Waals surface area contributed by atoms with E-state index in [0.717, 1.165) is 12.0 Å². The predicted octanol–water partition coefficient (Wildman–Crippen LogP) is 3.92.